The number of benzene rings is 2. The minimum absolute atomic E-state index is 0.149. The van der Waals surface area contributed by atoms with Gasteiger partial charge < -0.3 is 0 Å². The van der Waals surface area contributed by atoms with E-state index in [1.807, 2.05) is 25.1 Å². The van der Waals surface area contributed by atoms with Gasteiger partial charge in [-0.25, -0.2) is 8.42 Å². The van der Waals surface area contributed by atoms with Crippen LogP contribution in [-0.4, -0.2) is 22.2 Å². The number of rotatable bonds is 6. The molecule has 0 heterocycles. The highest BCUT2D eigenvalue weighted by Gasteiger charge is 2.46. The van der Waals surface area contributed by atoms with E-state index in [0.29, 0.717) is 10.4 Å². The molecule has 0 saturated heterocycles. The van der Waals surface area contributed by atoms with Gasteiger partial charge in [0.1, 0.15) is 0 Å². The zero-order valence-corrected chi connectivity index (χ0v) is 18.4. The number of sulfone groups is 1. The van der Waals surface area contributed by atoms with Crippen molar-refractivity contribution < 1.29 is 8.42 Å². The van der Waals surface area contributed by atoms with Gasteiger partial charge in [-0.15, -0.1) is 6.58 Å². The van der Waals surface area contributed by atoms with Crippen LogP contribution in [0.25, 0.3) is 0 Å². The average Bonchev–Trinajstić information content (AvgIpc) is 3.05. The van der Waals surface area contributed by atoms with Crippen LogP contribution in [0.3, 0.4) is 0 Å². The topological polar surface area (TPSA) is 34.1 Å². The first-order valence-electron chi connectivity index (χ1n) is 9.73. The van der Waals surface area contributed by atoms with Gasteiger partial charge in [0.25, 0.3) is 0 Å². The Morgan fingerprint density at radius 3 is 2.26 bits per heavy atom. The second-order valence-electron chi connectivity index (χ2n) is 8.43. The number of allylic oxidation sites excluding steroid dienone is 1. The lowest BCUT2D eigenvalue weighted by Crippen LogP contribution is -2.48. The van der Waals surface area contributed by atoms with E-state index in [-0.39, 0.29) is 17.6 Å². The fourth-order valence-electron chi connectivity index (χ4n) is 4.70. The molecule has 1 fully saturated rings. The van der Waals surface area contributed by atoms with E-state index >= 15 is 0 Å². The summed E-state index contributed by atoms with van der Waals surface area (Å²) in [7, 11) is -5.09. The first-order chi connectivity index (χ1) is 12.8. The van der Waals surface area contributed by atoms with E-state index in [4.69, 9.17) is 0 Å². The maximum absolute atomic E-state index is 13.2. The molecule has 3 atom stereocenters. The molecule has 0 radical (unpaired) electrons. The second-order valence-corrected chi connectivity index (χ2v) is 15.2. The lowest BCUT2D eigenvalue weighted by molar-refractivity contribution is 0.488. The Balaban J connectivity index is 1.92. The van der Waals surface area contributed by atoms with E-state index in [1.54, 1.807) is 12.1 Å². The van der Waals surface area contributed by atoms with Crippen molar-refractivity contribution in [1.29, 1.82) is 0 Å². The minimum atomic E-state index is -3.30. The molecular formula is C23H30O2SSi. The summed E-state index contributed by atoms with van der Waals surface area (Å²) in [6, 6.07) is 17.9. The smallest absolute Gasteiger partial charge is 0.178 e. The molecule has 0 bridgehead atoms. The van der Waals surface area contributed by atoms with Crippen LogP contribution >= 0.6 is 0 Å². The van der Waals surface area contributed by atoms with Crippen molar-refractivity contribution in [3.05, 3.63) is 72.8 Å². The van der Waals surface area contributed by atoms with Gasteiger partial charge in [0.05, 0.1) is 18.7 Å². The van der Waals surface area contributed by atoms with E-state index in [1.165, 1.54) is 5.19 Å². The molecule has 1 saturated carbocycles. The Morgan fingerprint density at radius 1 is 1.04 bits per heavy atom. The zero-order valence-electron chi connectivity index (χ0n) is 16.6. The predicted molar refractivity (Wildman–Crippen MR) is 117 cm³/mol. The molecule has 0 amide bonds. The third-order valence-corrected chi connectivity index (χ3v) is 12.6. The van der Waals surface area contributed by atoms with Crippen molar-refractivity contribution in [2.24, 2.45) is 11.8 Å². The van der Waals surface area contributed by atoms with Gasteiger partial charge in [0.15, 0.2) is 9.84 Å². The van der Waals surface area contributed by atoms with Crippen LogP contribution in [0.15, 0.2) is 72.1 Å². The summed E-state index contributed by atoms with van der Waals surface area (Å²) in [6.45, 7) is 10.8. The average molecular weight is 399 g/mol. The van der Waals surface area contributed by atoms with Gasteiger partial charge in [-0.2, -0.15) is 0 Å². The van der Waals surface area contributed by atoms with Gasteiger partial charge in [0.2, 0.25) is 0 Å². The van der Waals surface area contributed by atoms with Gasteiger partial charge in [-0.3, -0.25) is 0 Å². The minimum Gasteiger partial charge on any atom is -0.224 e. The van der Waals surface area contributed by atoms with Crippen LogP contribution in [0, 0.1) is 18.8 Å². The summed E-state index contributed by atoms with van der Waals surface area (Å²) < 4.78 is 26.3. The summed E-state index contributed by atoms with van der Waals surface area (Å²) in [5.74, 6) is 0.655. The van der Waals surface area contributed by atoms with Crippen molar-refractivity contribution in [2.75, 3.05) is 5.75 Å². The monoisotopic (exact) mass is 398 g/mol. The lowest BCUT2D eigenvalue weighted by atomic mass is 9.98. The van der Waals surface area contributed by atoms with Crippen molar-refractivity contribution in [1.82, 2.24) is 0 Å². The van der Waals surface area contributed by atoms with Gasteiger partial charge in [-0.05, 0) is 42.9 Å². The zero-order chi connectivity index (χ0) is 19.7. The second kappa shape index (κ2) is 7.76. The molecule has 0 spiro atoms. The molecule has 1 aliphatic rings. The van der Waals surface area contributed by atoms with Gasteiger partial charge >= 0.3 is 0 Å². The van der Waals surface area contributed by atoms with E-state index in [2.05, 4.69) is 50.0 Å². The van der Waals surface area contributed by atoms with Crippen molar-refractivity contribution in [3.63, 3.8) is 0 Å². The van der Waals surface area contributed by atoms with Gasteiger partial charge in [-0.1, -0.05) is 78.8 Å². The third-order valence-electron chi connectivity index (χ3n) is 6.42. The maximum Gasteiger partial charge on any atom is 0.178 e. The molecule has 144 valence electrons. The molecule has 1 aliphatic carbocycles. The molecule has 0 N–H and O–H groups in total. The summed E-state index contributed by atoms with van der Waals surface area (Å²) in [5.41, 5.74) is 1.53. The molecule has 27 heavy (non-hydrogen) atoms. The lowest BCUT2D eigenvalue weighted by Gasteiger charge is -2.35. The maximum atomic E-state index is 13.2. The molecular weight excluding hydrogens is 368 g/mol. The Morgan fingerprint density at radius 2 is 1.67 bits per heavy atom. The standard InChI is InChI=1S/C23H30O2SSi/c1-5-19-13-16-23(27(3,4)21-9-7-6-8-10-21)22(19)17-26(24,25)20-14-11-18(2)12-15-20/h5-12,14-15,19,22-23H,1,13,16-17H2,2-4H3/t19-,22-,23-/m0/s1. The summed E-state index contributed by atoms with van der Waals surface area (Å²) in [5, 5.41) is 1.41. The third kappa shape index (κ3) is 4.12. The number of hydrogen-bond acceptors (Lipinski definition) is 2. The largest absolute Gasteiger partial charge is 0.224 e. The highest BCUT2D eigenvalue weighted by Crippen LogP contribution is 2.48. The summed E-state index contributed by atoms with van der Waals surface area (Å²) >= 11 is 0. The fourth-order valence-corrected chi connectivity index (χ4v) is 10.4. The van der Waals surface area contributed by atoms with Crippen LogP contribution in [-0.2, 0) is 9.84 Å². The van der Waals surface area contributed by atoms with Gasteiger partial charge in [0, 0.05) is 0 Å². The summed E-state index contributed by atoms with van der Waals surface area (Å²) in [4.78, 5) is 0.445. The molecule has 2 aromatic carbocycles. The first-order valence-corrected chi connectivity index (χ1v) is 14.5. The normalized spacial score (nSPS) is 23.3. The van der Waals surface area contributed by atoms with Crippen LogP contribution in [0.5, 0.6) is 0 Å². The first kappa shape index (κ1) is 20.1. The van der Waals surface area contributed by atoms with E-state index < -0.39 is 17.9 Å². The molecule has 2 aromatic rings. The van der Waals surface area contributed by atoms with Crippen LogP contribution in [0.2, 0.25) is 18.6 Å². The fraction of sp³-hybridized carbons (Fsp3) is 0.391. The summed E-state index contributed by atoms with van der Waals surface area (Å²) in [6.07, 6.45) is 4.13. The predicted octanol–water partition coefficient (Wildman–Crippen LogP) is 4.97. The molecule has 0 unspecified atom stereocenters. The highest BCUT2D eigenvalue weighted by molar-refractivity contribution is 7.91. The quantitative estimate of drug-likeness (QED) is 0.509. The number of hydrogen-bond donors (Lipinski definition) is 0. The SMILES string of the molecule is C=C[C@H]1CC[C@H]([Si](C)(C)c2ccccc2)[C@H]1CS(=O)(=O)c1ccc(C)cc1. The molecule has 0 aliphatic heterocycles. The highest BCUT2D eigenvalue weighted by atomic mass is 32.2. The Kier molecular flexibility index (Phi) is 5.78. The van der Waals surface area contributed by atoms with E-state index in [9.17, 15) is 8.42 Å². The van der Waals surface area contributed by atoms with Crippen LogP contribution in [0.1, 0.15) is 18.4 Å². The van der Waals surface area contributed by atoms with Crippen LogP contribution < -0.4 is 5.19 Å². The van der Waals surface area contributed by atoms with Crippen molar-refractivity contribution in [2.45, 2.75) is 43.3 Å². The Bertz CT molecular complexity index is 886. The molecule has 0 aromatic heterocycles. The van der Waals surface area contributed by atoms with Crippen LogP contribution in [0.4, 0.5) is 0 Å². The molecule has 4 heteroatoms. The van der Waals surface area contributed by atoms with Crippen molar-refractivity contribution >= 4 is 23.1 Å². The number of aryl methyl sites for hydroxylation is 1. The van der Waals surface area contributed by atoms with Crippen molar-refractivity contribution in [3.8, 4) is 0 Å². The van der Waals surface area contributed by atoms with E-state index in [0.717, 1.165) is 18.4 Å². The molecule has 2 nitrogen and oxygen atoms in total. The Hall–Kier alpha value is -1.65. The molecule has 3 rings (SSSR count). The Labute approximate surface area is 165 Å².